The van der Waals surface area contributed by atoms with E-state index in [4.69, 9.17) is 5.73 Å². The molecule has 8 nitrogen and oxygen atoms in total. The summed E-state index contributed by atoms with van der Waals surface area (Å²) in [6, 6.07) is 0.125. The Morgan fingerprint density at radius 3 is 2.74 bits per heavy atom. The van der Waals surface area contributed by atoms with Gasteiger partial charge in [-0.3, -0.25) is 9.69 Å². The minimum absolute atomic E-state index is 0.0499. The molecule has 164 valence electrons. The number of anilines is 1. The third-order valence-electron chi connectivity index (χ3n) is 6.18. The molecule has 3 heterocycles. The number of hydrogen-bond acceptors (Lipinski definition) is 6. The molecule has 2 fully saturated rings. The van der Waals surface area contributed by atoms with Gasteiger partial charge in [0, 0.05) is 55.7 Å². The standard InChI is InChI=1S/C21H23F2N5O3/c22-17-6-11-5-14-18(29)15(20(30)31)10-28(13-1-2-13)19(14)26-16(11)7-21(17,23)27-8-12(9-27)25-4-3-24/h5-7,10,12-13,25-26H,1-4,8-9,24H2,(H,30,31). The lowest BCUT2D eigenvalue weighted by molar-refractivity contribution is -0.0417. The monoisotopic (exact) mass is 431 g/mol. The van der Waals surface area contributed by atoms with Crippen LogP contribution in [0.4, 0.5) is 14.6 Å². The number of pyridine rings is 1. The second kappa shape index (κ2) is 7.11. The van der Waals surface area contributed by atoms with E-state index in [2.05, 4.69) is 10.6 Å². The predicted octanol–water partition coefficient (Wildman–Crippen LogP) is 1.34. The highest BCUT2D eigenvalue weighted by atomic mass is 19.2. The number of nitrogens with zero attached hydrogens (tertiary/aromatic N) is 2. The number of nitrogens with one attached hydrogen (secondary N) is 2. The van der Waals surface area contributed by atoms with Gasteiger partial charge >= 0.3 is 5.97 Å². The molecule has 0 aromatic carbocycles. The molecule has 1 aromatic heterocycles. The number of aromatic nitrogens is 1. The summed E-state index contributed by atoms with van der Waals surface area (Å²) in [7, 11) is 0. The van der Waals surface area contributed by atoms with Crippen molar-refractivity contribution in [3.05, 3.63) is 56.8 Å². The highest BCUT2D eigenvalue weighted by Crippen LogP contribution is 2.44. The summed E-state index contributed by atoms with van der Waals surface area (Å²) in [6.07, 6.45) is 6.75. The van der Waals surface area contributed by atoms with Crippen molar-refractivity contribution in [1.82, 2.24) is 14.8 Å². The van der Waals surface area contributed by atoms with Gasteiger partial charge in [0.2, 0.25) is 11.2 Å². The average Bonchev–Trinajstić information content (AvgIpc) is 3.52. The van der Waals surface area contributed by atoms with Crippen LogP contribution in [0.1, 0.15) is 34.8 Å². The summed E-state index contributed by atoms with van der Waals surface area (Å²) in [5, 5.41) is 15.7. The van der Waals surface area contributed by atoms with Crippen molar-refractivity contribution in [2.24, 2.45) is 5.73 Å². The quantitative estimate of drug-likeness (QED) is 0.503. The molecule has 0 amide bonds. The van der Waals surface area contributed by atoms with Gasteiger partial charge in [0.05, 0.1) is 5.56 Å². The Morgan fingerprint density at radius 2 is 2.10 bits per heavy atom. The number of carboxylic acid groups (broad SMARTS) is 1. The molecule has 1 unspecified atom stereocenters. The number of rotatable bonds is 6. The Balaban J connectivity index is 1.51. The maximum absolute atomic E-state index is 15.7. The molecular formula is C21H23F2N5O3. The SMILES string of the molecule is NCCNC1CN(C2(F)C=C3Nc4c(c(=O)c(C(=O)O)cn4C4CC4)C=C3C=C2F)C1. The molecule has 0 radical (unpaired) electrons. The van der Waals surface area contributed by atoms with Crippen molar-refractivity contribution in [1.29, 1.82) is 0 Å². The Hall–Kier alpha value is -2.82. The van der Waals surface area contributed by atoms with Crippen LogP contribution in [-0.4, -0.2) is 58.6 Å². The van der Waals surface area contributed by atoms with Crippen LogP contribution in [-0.2, 0) is 0 Å². The van der Waals surface area contributed by atoms with E-state index in [1.807, 2.05) is 0 Å². The van der Waals surface area contributed by atoms with Crippen LogP contribution >= 0.6 is 0 Å². The molecule has 5 N–H and O–H groups in total. The van der Waals surface area contributed by atoms with E-state index in [0.717, 1.165) is 18.9 Å². The van der Waals surface area contributed by atoms with E-state index in [9.17, 15) is 19.1 Å². The maximum Gasteiger partial charge on any atom is 0.341 e. The van der Waals surface area contributed by atoms with Gasteiger partial charge in [-0.2, -0.15) is 0 Å². The molecule has 0 spiro atoms. The zero-order valence-corrected chi connectivity index (χ0v) is 16.7. The highest BCUT2D eigenvalue weighted by Gasteiger charge is 2.48. The van der Waals surface area contributed by atoms with Crippen LogP contribution in [0.2, 0.25) is 0 Å². The number of halogens is 2. The van der Waals surface area contributed by atoms with Crippen LogP contribution in [0, 0.1) is 0 Å². The maximum atomic E-state index is 15.7. The number of likely N-dealkylation sites (tertiary alicyclic amines) is 1. The van der Waals surface area contributed by atoms with Crippen LogP contribution < -0.4 is 21.8 Å². The van der Waals surface area contributed by atoms with E-state index in [-0.39, 0.29) is 23.2 Å². The summed E-state index contributed by atoms with van der Waals surface area (Å²) in [4.78, 5) is 25.6. The van der Waals surface area contributed by atoms with Crippen molar-refractivity contribution < 1.29 is 18.7 Å². The van der Waals surface area contributed by atoms with Gasteiger partial charge in [-0.05, 0) is 31.1 Å². The number of carboxylic acids is 1. The van der Waals surface area contributed by atoms with Gasteiger partial charge in [-0.15, -0.1) is 0 Å². The lowest BCUT2D eigenvalue weighted by Gasteiger charge is -2.47. The third-order valence-corrected chi connectivity index (χ3v) is 6.18. The average molecular weight is 431 g/mol. The summed E-state index contributed by atoms with van der Waals surface area (Å²) >= 11 is 0. The molecule has 5 rings (SSSR count). The number of hydrogen-bond donors (Lipinski definition) is 4. The number of fused-ring (bicyclic) bond motifs is 2. The normalized spacial score (nSPS) is 25.5. The second-order valence-corrected chi connectivity index (χ2v) is 8.37. The van der Waals surface area contributed by atoms with E-state index in [0.29, 0.717) is 43.3 Å². The zero-order chi connectivity index (χ0) is 21.9. The number of aromatic carboxylic acids is 1. The number of carbonyl (C=O) groups is 1. The first-order valence-corrected chi connectivity index (χ1v) is 10.3. The van der Waals surface area contributed by atoms with Gasteiger partial charge in [-0.25, -0.2) is 13.6 Å². The molecule has 2 aliphatic carbocycles. The minimum Gasteiger partial charge on any atom is -0.477 e. The first-order valence-electron chi connectivity index (χ1n) is 10.3. The summed E-state index contributed by atoms with van der Waals surface area (Å²) < 4.78 is 32.3. The zero-order valence-electron chi connectivity index (χ0n) is 16.7. The van der Waals surface area contributed by atoms with Gasteiger partial charge in [0.15, 0.2) is 5.83 Å². The second-order valence-electron chi connectivity index (χ2n) is 8.37. The number of alkyl halides is 1. The van der Waals surface area contributed by atoms with E-state index in [1.165, 1.54) is 23.2 Å². The molecule has 4 aliphatic rings. The van der Waals surface area contributed by atoms with Crippen LogP contribution in [0.15, 0.2) is 40.2 Å². The fourth-order valence-electron chi connectivity index (χ4n) is 4.29. The third kappa shape index (κ3) is 3.22. The largest absolute Gasteiger partial charge is 0.477 e. The van der Waals surface area contributed by atoms with Gasteiger partial charge < -0.3 is 26.0 Å². The Labute approximate surface area is 176 Å². The summed E-state index contributed by atoms with van der Waals surface area (Å²) in [5.74, 6) is -4.26. The van der Waals surface area contributed by atoms with E-state index < -0.39 is 23.0 Å². The Kier molecular flexibility index (Phi) is 4.61. The molecular weight excluding hydrogens is 408 g/mol. The fourth-order valence-corrected chi connectivity index (χ4v) is 4.29. The van der Waals surface area contributed by atoms with Crippen molar-refractivity contribution >= 4 is 17.9 Å². The fraction of sp³-hybridized carbons (Fsp3) is 0.429. The molecule has 1 atom stereocenters. The molecule has 1 aromatic rings. The molecule has 10 heteroatoms. The Morgan fingerprint density at radius 1 is 1.35 bits per heavy atom. The minimum atomic E-state index is -2.39. The van der Waals surface area contributed by atoms with Crippen LogP contribution in [0.25, 0.3) is 6.08 Å². The predicted molar refractivity (Wildman–Crippen MR) is 111 cm³/mol. The molecule has 1 saturated heterocycles. The van der Waals surface area contributed by atoms with Crippen molar-refractivity contribution in [2.75, 3.05) is 31.5 Å². The number of allylic oxidation sites excluding steroid dienone is 1. The molecule has 0 bridgehead atoms. The van der Waals surface area contributed by atoms with E-state index >= 15 is 4.39 Å². The Bertz CT molecular complexity index is 1110. The molecule has 31 heavy (non-hydrogen) atoms. The molecule has 1 saturated carbocycles. The molecule has 2 aliphatic heterocycles. The topological polar surface area (TPSA) is 113 Å². The summed E-state index contributed by atoms with van der Waals surface area (Å²) in [6.45, 7) is 1.76. The smallest absolute Gasteiger partial charge is 0.341 e. The van der Waals surface area contributed by atoms with Crippen molar-refractivity contribution in [3.8, 4) is 0 Å². The lowest BCUT2D eigenvalue weighted by Crippen LogP contribution is -2.65. The first-order chi connectivity index (χ1) is 14.8. The number of nitrogens with two attached hydrogens (primary N) is 1. The van der Waals surface area contributed by atoms with Gasteiger partial charge in [-0.1, -0.05) is 0 Å². The summed E-state index contributed by atoms with van der Waals surface area (Å²) in [5.41, 5.74) is 5.28. The highest BCUT2D eigenvalue weighted by molar-refractivity contribution is 5.90. The van der Waals surface area contributed by atoms with Crippen LogP contribution in [0.3, 0.4) is 0 Å². The van der Waals surface area contributed by atoms with Crippen molar-refractivity contribution in [3.63, 3.8) is 0 Å². The van der Waals surface area contributed by atoms with Crippen molar-refractivity contribution in [2.45, 2.75) is 30.7 Å². The van der Waals surface area contributed by atoms with Crippen LogP contribution in [0.5, 0.6) is 0 Å². The van der Waals surface area contributed by atoms with Gasteiger partial charge in [0.25, 0.3) is 0 Å². The first kappa shape index (κ1) is 20.1. The van der Waals surface area contributed by atoms with E-state index in [1.54, 1.807) is 4.57 Å². The van der Waals surface area contributed by atoms with Gasteiger partial charge in [0.1, 0.15) is 11.4 Å². The lowest BCUT2D eigenvalue weighted by atomic mass is 9.91.